The van der Waals surface area contributed by atoms with Crippen molar-refractivity contribution in [3.8, 4) is 0 Å². The Hall–Kier alpha value is -0.840. The van der Waals surface area contributed by atoms with Gasteiger partial charge in [0.25, 0.3) is 0 Å². The molecule has 1 aromatic rings. The molecule has 0 aliphatic carbocycles. The Kier molecular flexibility index (Phi) is 6.26. The summed E-state index contributed by atoms with van der Waals surface area (Å²) in [6.45, 7) is 4.41. The van der Waals surface area contributed by atoms with Crippen molar-refractivity contribution >= 4 is 17.4 Å². The van der Waals surface area contributed by atoms with Crippen LogP contribution in [0.3, 0.4) is 0 Å². The lowest BCUT2D eigenvalue weighted by molar-refractivity contribution is 0.216. The van der Waals surface area contributed by atoms with E-state index in [0.29, 0.717) is 18.1 Å². The molecule has 96 valence electrons. The second-order valence-electron chi connectivity index (χ2n) is 4.01. The maximum absolute atomic E-state index is 8.85. The maximum Gasteiger partial charge on any atom is 0.126 e. The number of likely N-dealkylation sites (N-methyl/N-ethyl adjacent to an activating group) is 1. The Morgan fingerprint density at radius 3 is 2.88 bits per heavy atom. The molecule has 0 aliphatic heterocycles. The summed E-state index contributed by atoms with van der Waals surface area (Å²) in [5.41, 5.74) is 0.837. The Morgan fingerprint density at radius 2 is 2.24 bits per heavy atom. The number of nitrogens with one attached hydrogen (secondary N) is 1. The van der Waals surface area contributed by atoms with Crippen molar-refractivity contribution in [2.24, 2.45) is 0 Å². The fourth-order valence-electron chi connectivity index (χ4n) is 1.45. The highest BCUT2D eigenvalue weighted by atomic mass is 35.5. The van der Waals surface area contributed by atoms with Gasteiger partial charge >= 0.3 is 0 Å². The van der Waals surface area contributed by atoms with Gasteiger partial charge in [-0.25, -0.2) is 4.98 Å². The molecule has 0 aliphatic rings. The summed E-state index contributed by atoms with van der Waals surface area (Å²) in [6.07, 6.45) is 1.06. The third-order valence-corrected chi connectivity index (χ3v) is 2.72. The number of rotatable bonds is 7. The molecule has 0 unspecified atom stereocenters. The molecular weight excluding hydrogens is 238 g/mol. The summed E-state index contributed by atoms with van der Waals surface area (Å²) in [4.78, 5) is 6.45. The van der Waals surface area contributed by atoms with E-state index in [9.17, 15) is 0 Å². The topological polar surface area (TPSA) is 48.4 Å². The van der Waals surface area contributed by atoms with Crippen LogP contribution in [0.25, 0.3) is 0 Å². The molecule has 0 saturated heterocycles. The lowest BCUT2D eigenvalue weighted by Crippen LogP contribution is -2.22. The van der Waals surface area contributed by atoms with Gasteiger partial charge in [-0.1, -0.05) is 18.5 Å². The highest BCUT2D eigenvalue weighted by Crippen LogP contribution is 2.18. The van der Waals surface area contributed by atoms with Crippen molar-refractivity contribution in [2.75, 3.05) is 32.1 Å². The van der Waals surface area contributed by atoms with Gasteiger partial charge < -0.3 is 10.4 Å². The van der Waals surface area contributed by atoms with Crippen LogP contribution < -0.4 is 5.32 Å². The molecule has 2 N–H and O–H groups in total. The number of hydrogen-bond acceptors (Lipinski definition) is 4. The first kappa shape index (κ1) is 14.2. The van der Waals surface area contributed by atoms with Gasteiger partial charge in [-0.2, -0.15) is 0 Å². The second kappa shape index (κ2) is 7.48. The minimum atomic E-state index is 0.141. The minimum absolute atomic E-state index is 0.141. The Labute approximate surface area is 108 Å². The van der Waals surface area contributed by atoms with E-state index in [1.165, 1.54) is 0 Å². The SMILES string of the molecule is CCCNc1ccc(Cl)c(CN(C)CCO)n1. The van der Waals surface area contributed by atoms with Crippen LogP contribution in [0.5, 0.6) is 0 Å². The van der Waals surface area contributed by atoms with Crippen LogP contribution in [0, 0.1) is 0 Å². The molecule has 0 bridgehead atoms. The van der Waals surface area contributed by atoms with Gasteiger partial charge in [-0.05, 0) is 25.6 Å². The minimum Gasteiger partial charge on any atom is -0.395 e. The molecule has 5 heteroatoms. The first-order valence-electron chi connectivity index (χ1n) is 5.86. The molecule has 0 saturated carbocycles. The van der Waals surface area contributed by atoms with Crippen LogP contribution in [0.2, 0.25) is 5.02 Å². The van der Waals surface area contributed by atoms with Gasteiger partial charge in [-0.3, -0.25) is 4.90 Å². The fourth-order valence-corrected chi connectivity index (χ4v) is 1.62. The van der Waals surface area contributed by atoms with Crippen LogP contribution >= 0.6 is 11.6 Å². The Morgan fingerprint density at radius 1 is 1.47 bits per heavy atom. The van der Waals surface area contributed by atoms with Crippen LogP contribution in [-0.2, 0) is 6.54 Å². The lowest BCUT2D eigenvalue weighted by atomic mass is 10.3. The molecule has 0 spiro atoms. The monoisotopic (exact) mass is 257 g/mol. The molecule has 0 radical (unpaired) electrons. The maximum atomic E-state index is 8.85. The highest BCUT2D eigenvalue weighted by Gasteiger charge is 2.07. The quantitative estimate of drug-likeness (QED) is 0.784. The van der Waals surface area contributed by atoms with E-state index in [1.54, 1.807) is 0 Å². The van der Waals surface area contributed by atoms with Gasteiger partial charge in [-0.15, -0.1) is 0 Å². The van der Waals surface area contributed by atoms with Gasteiger partial charge in [0.2, 0.25) is 0 Å². The predicted octanol–water partition coefficient (Wildman–Crippen LogP) is 1.98. The van der Waals surface area contributed by atoms with Crippen LogP contribution in [-0.4, -0.2) is 41.7 Å². The molecule has 17 heavy (non-hydrogen) atoms. The molecule has 1 aromatic heterocycles. The van der Waals surface area contributed by atoms with Gasteiger partial charge in [0, 0.05) is 19.6 Å². The largest absolute Gasteiger partial charge is 0.395 e. The van der Waals surface area contributed by atoms with Crippen molar-refractivity contribution in [3.63, 3.8) is 0 Å². The van der Waals surface area contributed by atoms with E-state index in [4.69, 9.17) is 16.7 Å². The van der Waals surface area contributed by atoms with Crippen molar-refractivity contribution in [2.45, 2.75) is 19.9 Å². The highest BCUT2D eigenvalue weighted by molar-refractivity contribution is 6.31. The van der Waals surface area contributed by atoms with Crippen molar-refractivity contribution in [1.82, 2.24) is 9.88 Å². The summed E-state index contributed by atoms with van der Waals surface area (Å²) < 4.78 is 0. The van der Waals surface area contributed by atoms with E-state index in [-0.39, 0.29) is 6.61 Å². The van der Waals surface area contributed by atoms with Crippen molar-refractivity contribution < 1.29 is 5.11 Å². The van der Waals surface area contributed by atoms with E-state index in [2.05, 4.69) is 17.2 Å². The zero-order chi connectivity index (χ0) is 12.7. The number of halogens is 1. The second-order valence-corrected chi connectivity index (χ2v) is 4.42. The fraction of sp³-hybridized carbons (Fsp3) is 0.583. The molecule has 1 rings (SSSR count). The zero-order valence-corrected chi connectivity index (χ0v) is 11.2. The molecule has 0 fully saturated rings. The number of anilines is 1. The van der Waals surface area contributed by atoms with E-state index in [1.807, 2.05) is 24.1 Å². The van der Waals surface area contributed by atoms with Gasteiger partial charge in [0.15, 0.2) is 0 Å². The summed E-state index contributed by atoms with van der Waals surface area (Å²) in [5, 5.41) is 12.7. The van der Waals surface area contributed by atoms with Gasteiger partial charge in [0.1, 0.15) is 5.82 Å². The zero-order valence-electron chi connectivity index (χ0n) is 10.4. The summed E-state index contributed by atoms with van der Waals surface area (Å²) in [5.74, 6) is 0.851. The van der Waals surface area contributed by atoms with Crippen LogP contribution in [0.4, 0.5) is 5.82 Å². The average molecular weight is 258 g/mol. The van der Waals surface area contributed by atoms with Crippen molar-refractivity contribution in [1.29, 1.82) is 0 Å². The number of aliphatic hydroxyl groups is 1. The smallest absolute Gasteiger partial charge is 0.126 e. The first-order valence-corrected chi connectivity index (χ1v) is 6.23. The molecular formula is C12H20ClN3O. The van der Waals surface area contributed by atoms with E-state index >= 15 is 0 Å². The number of aromatic nitrogens is 1. The van der Waals surface area contributed by atoms with E-state index in [0.717, 1.165) is 24.5 Å². The van der Waals surface area contributed by atoms with Crippen molar-refractivity contribution in [3.05, 3.63) is 22.8 Å². The molecule has 4 nitrogen and oxygen atoms in total. The Bertz CT molecular complexity index is 347. The average Bonchev–Trinajstić information content (AvgIpc) is 2.30. The first-order chi connectivity index (χ1) is 8.17. The number of nitrogens with zero attached hydrogens (tertiary/aromatic N) is 2. The van der Waals surface area contributed by atoms with Crippen LogP contribution in [0.1, 0.15) is 19.0 Å². The molecule has 0 amide bonds. The molecule has 1 heterocycles. The summed E-state index contributed by atoms with van der Waals surface area (Å²) >= 11 is 6.10. The van der Waals surface area contributed by atoms with E-state index < -0.39 is 0 Å². The number of hydrogen-bond donors (Lipinski definition) is 2. The lowest BCUT2D eigenvalue weighted by Gasteiger charge is -2.16. The standard InChI is InChI=1S/C12H20ClN3O/c1-3-6-14-12-5-4-10(13)11(15-12)9-16(2)7-8-17/h4-5,17H,3,6-9H2,1-2H3,(H,14,15). The summed E-state index contributed by atoms with van der Waals surface area (Å²) in [6, 6.07) is 3.74. The number of aliphatic hydroxyl groups excluding tert-OH is 1. The third kappa shape index (κ3) is 4.89. The van der Waals surface area contributed by atoms with Gasteiger partial charge in [0.05, 0.1) is 17.3 Å². The van der Waals surface area contributed by atoms with Crippen LogP contribution in [0.15, 0.2) is 12.1 Å². The predicted molar refractivity (Wildman–Crippen MR) is 71.4 cm³/mol. The Balaban J connectivity index is 2.68. The molecule has 0 atom stereocenters. The molecule has 0 aromatic carbocycles. The summed E-state index contributed by atoms with van der Waals surface area (Å²) in [7, 11) is 1.93. The third-order valence-electron chi connectivity index (χ3n) is 2.38. The number of pyridine rings is 1. The normalized spacial score (nSPS) is 10.9.